The van der Waals surface area contributed by atoms with Gasteiger partial charge in [-0.2, -0.15) is 0 Å². The van der Waals surface area contributed by atoms with Gasteiger partial charge in [0, 0.05) is 27.8 Å². The monoisotopic (exact) mass is 687 g/mol. The summed E-state index contributed by atoms with van der Waals surface area (Å²) in [6, 6.07) is 32.9. The maximum atomic E-state index is 12.9. The van der Waals surface area contributed by atoms with Gasteiger partial charge < -0.3 is 30.9 Å². The number of unbranched alkanes of at least 4 members (excludes halogenated alkanes) is 7. The predicted molar refractivity (Wildman–Crippen MR) is 181 cm³/mol. The topological polar surface area (TPSA) is 52.6 Å². The fraction of sp³-hybridized carbons (Fsp3) is 0.400. The van der Waals surface area contributed by atoms with Crippen molar-refractivity contribution in [2.75, 3.05) is 20.8 Å². The Hall–Kier alpha value is -3.48. The lowest BCUT2D eigenvalue weighted by Crippen LogP contribution is -3.00. The van der Waals surface area contributed by atoms with E-state index >= 15 is 0 Å². The van der Waals surface area contributed by atoms with Crippen LogP contribution in [-0.2, 0) is 38.7 Å². The average molecular weight is 689 g/mol. The van der Waals surface area contributed by atoms with E-state index < -0.39 is 0 Å². The van der Waals surface area contributed by atoms with Crippen molar-refractivity contribution in [3.63, 3.8) is 0 Å². The normalized spacial score (nSPS) is 13.5. The summed E-state index contributed by atoms with van der Waals surface area (Å²) in [5.41, 5.74) is 5.23. The highest BCUT2D eigenvalue weighted by atomic mass is 79.9. The zero-order valence-corrected chi connectivity index (χ0v) is 29.4. The number of methoxy groups -OCH3 is 2. The third-order valence-electron chi connectivity index (χ3n) is 8.99. The minimum atomic E-state index is -0.247. The van der Waals surface area contributed by atoms with Crippen LogP contribution in [0.15, 0.2) is 114 Å². The molecule has 4 rings (SSSR count). The second kappa shape index (κ2) is 19.2. The van der Waals surface area contributed by atoms with E-state index in [9.17, 15) is 9.59 Å². The van der Waals surface area contributed by atoms with Gasteiger partial charge in [0.2, 0.25) is 23.1 Å². The Morgan fingerprint density at radius 1 is 0.522 bits per heavy atom. The van der Waals surface area contributed by atoms with E-state index in [0.717, 1.165) is 49.9 Å². The molecule has 0 radical (unpaired) electrons. The Labute approximate surface area is 286 Å². The zero-order valence-electron chi connectivity index (χ0n) is 27.8. The van der Waals surface area contributed by atoms with Crippen molar-refractivity contribution in [2.24, 2.45) is 0 Å². The van der Waals surface area contributed by atoms with Crippen molar-refractivity contribution in [2.45, 2.75) is 84.3 Å². The number of Topliss-reactive ketones (excluding diaryl/α,β-unsaturated/α-hetero) is 2. The van der Waals surface area contributed by atoms with Gasteiger partial charge in [-0.3, -0.25) is 9.59 Å². The van der Waals surface area contributed by atoms with Gasteiger partial charge in [0.1, 0.15) is 19.6 Å². The summed E-state index contributed by atoms with van der Waals surface area (Å²) in [7, 11) is 2.81. The number of hydrogen-bond acceptors (Lipinski definition) is 4. The fourth-order valence-electron chi connectivity index (χ4n) is 6.62. The molecule has 0 saturated heterocycles. The van der Waals surface area contributed by atoms with Gasteiger partial charge >= 0.3 is 0 Å². The van der Waals surface area contributed by atoms with Crippen LogP contribution in [0, 0.1) is 0 Å². The van der Waals surface area contributed by atoms with Crippen molar-refractivity contribution < 1.29 is 40.5 Å². The number of nitrogens with zero attached hydrogens (tertiary/aromatic N) is 1. The highest BCUT2D eigenvalue weighted by Gasteiger charge is 2.34. The highest BCUT2D eigenvalue weighted by molar-refractivity contribution is 6.23. The van der Waals surface area contributed by atoms with Gasteiger partial charge in [-0.25, -0.2) is 0 Å². The van der Waals surface area contributed by atoms with Crippen LogP contribution in [0.4, 0.5) is 0 Å². The number of ether oxygens (including phenoxy) is 2. The number of halogens is 1. The third-order valence-corrected chi connectivity index (χ3v) is 8.99. The molecular formula is C40H50BrNO4. The Bertz CT molecular complexity index is 1330. The number of quaternary nitrogens is 1. The van der Waals surface area contributed by atoms with Crippen LogP contribution >= 0.6 is 0 Å². The lowest BCUT2D eigenvalue weighted by Gasteiger charge is -2.39. The first-order valence-electron chi connectivity index (χ1n) is 16.5. The van der Waals surface area contributed by atoms with Crippen LogP contribution in [0.1, 0.15) is 81.4 Å². The van der Waals surface area contributed by atoms with Gasteiger partial charge in [0.15, 0.2) is 0 Å². The van der Waals surface area contributed by atoms with Crippen LogP contribution in [-0.4, -0.2) is 36.8 Å². The Balaban J connectivity index is 0.00000576. The molecule has 46 heavy (non-hydrogen) atoms. The number of hydrogen-bond donors (Lipinski definition) is 0. The molecule has 0 aromatic heterocycles. The van der Waals surface area contributed by atoms with E-state index in [0.29, 0.717) is 17.6 Å². The molecule has 5 nitrogen and oxygen atoms in total. The quantitative estimate of drug-likeness (QED) is 0.0896. The van der Waals surface area contributed by atoms with Crippen molar-refractivity contribution in [1.82, 2.24) is 0 Å². The summed E-state index contributed by atoms with van der Waals surface area (Å²) in [6.45, 7) is 5.91. The lowest BCUT2D eigenvalue weighted by atomic mass is 9.89. The molecule has 3 aromatic rings. The van der Waals surface area contributed by atoms with E-state index in [2.05, 4.69) is 91.0 Å². The second-order valence-corrected chi connectivity index (χ2v) is 12.4. The first-order chi connectivity index (χ1) is 22.0. The second-order valence-electron chi connectivity index (χ2n) is 12.4. The lowest BCUT2D eigenvalue weighted by molar-refractivity contribution is -0.966. The van der Waals surface area contributed by atoms with E-state index in [1.54, 1.807) is 6.92 Å². The number of carbonyl (C=O) groups is 2. The molecule has 6 heteroatoms. The van der Waals surface area contributed by atoms with Gasteiger partial charge in [0.05, 0.1) is 20.8 Å². The summed E-state index contributed by atoms with van der Waals surface area (Å²) in [6.07, 6.45) is 9.77. The molecule has 0 fully saturated rings. The Kier molecular flexibility index (Phi) is 15.5. The van der Waals surface area contributed by atoms with Gasteiger partial charge in [-0.05, 0) is 32.6 Å². The summed E-state index contributed by atoms with van der Waals surface area (Å²) in [4.78, 5) is 25.5. The zero-order chi connectivity index (χ0) is 31.9. The SMILES string of the molecule is COC1=C(OC)C(=O)C(CCCCCCCCCC[N+](Cc2ccccc2)(Cc2ccccc2)Cc2ccccc2)=C(C)C1=O.[Br-]. The Morgan fingerprint density at radius 2 is 0.891 bits per heavy atom. The van der Waals surface area contributed by atoms with Gasteiger partial charge in [-0.1, -0.05) is 123 Å². The van der Waals surface area contributed by atoms with E-state index in [4.69, 9.17) is 9.47 Å². The summed E-state index contributed by atoms with van der Waals surface area (Å²) in [5, 5.41) is 0. The first kappa shape index (κ1) is 37.0. The molecule has 0 saturated carbocycles. The molecule has 0 bridgehead atoms. The van der Waals surface area contributed by atoms with E-state index in [1.807, 2.05) is 0 Å². The molecule has 3 aromatic carbocycles. The molecule has 0 spiro atoms. The number of ketones is 2. The first-order valence-corrected chi connectivity index (χ1v) is 16.5. The molecule has 0 heterocycles. The molecule has 1 aliphatic carbocycles. The minimum Gasteiger partial charge on any atom is -1.00 e. The largest absolute Gasteiger partial charge is 1.00 e. The maximum Gasteiger partial charge on any atom is 0.228 e. The highest BCUT2D eigenvalue weighted by Crippen LogP contribution is 2.29. The molecule has 246 valence electrons. The van der Waals surface area contributed by atoms with Gasteiger partial charge in [0.25, 0.3) is 0 Å². The smallest absolute Gasteiger partial charge is 0.228 e. The van der Waals surface area contributed by atoms with Gasteiger partial charge in [-0.15, -0.1) is 0 Å². The summed E-state index contributed by atoms with van der Waals surface area (Å²) < 4.78 is 11.4. The summed E-state index contributed by atoms with van der Waals surface area (Å²) >= 11 is 0. The van der Waals surface area contributed by atoms with Crippen molar-refractivity contribution in [3.8, 4) is 0 Å². The predicted octanol–water partition coefficient (Wildman–Crippen LogP) is 5.89. The van der Waals surface area contributed by atoms with Crippen LogP contribution in [0.25, 0.3) is 0 Å². The number of allylic oxidation sites excluding steroid dienone is 2. The fourth-order valence-corrected chi connectivity index (χ4v) is 6.62. The number of carbonyl (C=O) groups excluding carboxylic acids is 2. The Morgan fingerprint density at radius 3 is 1.30 bits per heavy atom. The van der Waals surface area contributed by atoms with Crippen molar-refractivity contribution in [3.05, 3.63) is 130 Å². The molecule has 1 aliphatic rings. The summed E-state index contributed by atoms with van der Waals surface area (Å²) in [5.74, 6) is -0.419. The van der Waals surface area contributed by atoms with Crippen LogP contribution in [0.3, 0.4) is 0 Å². The molecular weight excluding hydrogens is 638 g/mol. The van der Waals surface area contributed by atoms with Crippen LogP contribution in [0.2, 0.25) is 0 Å². The minimum absolute atomic E-state index is 0. The third kappa shape index (κ3) is 10.5. The van der Waals surface area contributed by atoms with Crippen molar-refractivity contribution in [1.29, 1.82) is 0 Å². The van der Waals surface area contributed by atoms with Crippen LogP contribution < -0.4 is 17.0 Å². The molecule has 0 amide bonds. The maximum absolute atomic E-state index is 12.9. The average Bonchev–Trinajstić information content (AvgIpc) is 3.06. The van der Waals surface area contributed by atoms with E-state index in [-0.39, 0.29) is 40.1 Å². The van der Waals surface area contributed by atoms with Crippen molar-refractivity contribution >= 4 is 11.6 Å². The molecule has 0 N–H and O–H groups in total. The molecule has 0 aliphatic heterocycles. The molecule has 0 atom stereocenters. The van der Waals surface area contributed by atoms with E-state index in [1.165, 1.54) is 63.0 Å². The number of benzene rings is 3. The molecule has 0 unspecified atom stereocenters. The number of rotatable bonds is 19. The van der Waals surface area contributed by atoms with Crippen LogP contribution in [0.5, 0.6) is 0 Å². The standard InChI is InChI=1S/C40H50NO4.BrH/c1-32-36(38(43)40(45-3)39(44-2)37(32)42)27-19-8-6-4-5-7-9-20-28-41(29-33-21-13-10-14-22-33,30-34-23-15-11-16-24-34)31-35-25-17-12-18-26-35;/h10-18,21-26H,4-9,19-20,27-31H2,1-3H3;1H/q+1;/p-1.